The maximum absolute atomic E-state index is 13.1. The van der Waals surface area contributed by atoms with Crippen LogP contribution >= 0.6 is 23.1 Å². The van der Waals surface area contributed by atoms with E-state index in [4.69, 9.17) is 14.3 Å². The van der Waals surface area contributed by atoms with E-state index in [0.29, 0.717) is 18.7 Å². The van der Waals surface area contributed by atoms with Gasteiger partial charge in [-0.05, 0) is 83.5 Å². The first kappa shape index (κ1) is 35.3. The first-order valence-corrected chi connectivity index (χ1v) is 19.5. The second-order valence-electron chi connectivity index (χ2n) is 13.4. The molecule has 51 heavy (non-hydrogen) atoms. The number of nitrogens with one attached hydrogen (secondary N) is 2. The Kier molecular flexibility index (Phi) is 11.1. The van der Waals surface area contributed by atoms with E-state index in [2.05, 4.69) is 47.2 Å². The Morgan fingerprint density at radius 2 is 1.69 bits per heavy atom. The molecule has 0 bridgehead atoms. The second kappa shape index (κ2) is 16.0. The number of rotatable bonds is 11. The van der Waals surface area contributed by atoms with Crippen molar-refractivity contribution in [1.82, 2.24) is 10.4 Å². The number of benzene rings is 3. The van der Waals surface area contributed by atoms with Crippen molar-refractivity contribution >= 4 is 46.7 Å². The van der Waals surface area contributed by atoms with Crippen LogP contribution in [-0.4, -0.2) is 61.7 Å². The smallest absolute Gasteiger partial charge is 0.409 e. The van der Waals surface area contributed by atoms with Crippen LogP contribution in [0.1, 0.15) is 66.9 Å². The number of thioether (sulfide) groups is 1. The summed E-state index contributed by atoms with van der Waals surface area (Å²) < 4.78 is 11.0. The van der Waals surface area contributed by atoms with Crippen molar-refractivity contribution in [1.29, 1.82) is 0 Å². The molecule has 3 amide bonds. The zero-order valence-electron chi connectivity index (χ0n) is 28.7. The van der Waals surface area contributed by atoms with Gasteiger partial charge in [-0.1, -0.05) is 67.1 Å². The Bertz CT molecular complexity index is 1820. The molecule has 266 valence electrons. The normalized spacial score (nSPS) is 19.8. The summed E-state index contributed by atoms with van der Waals surface area (Å²) >= 11 is 3.53. The van der Waals surface area contributed by atoms with Gasteiger partial charge in [0.15, 0.2) is 6.29 Å². The Labute approximate surface area is 307 Å². The largest absolute Gasteiger partial charge is 0.448 e. The van der Waals surface area contributed by atoms with Crippen molar-refractivity contribution in [2.24, 2.45) is 0 Å². The summed E-state index contributed by atoms with van der Waals surface area (Å²) in [5, 5.41) is 2.94. The van der Waals surface area contributed by atoms with Crippen LogP contribution in [0.5, 0.6) is 0 Å². The van der Waals surface area contributed by atoms with Gasteiger partial charge in [0, 0.05) is 47.9 Å². The molecule has 2 aliphatic heterocycles. The van der Waals surface area contributed by atoms with Gasteiger partial charge in [-0.3, -0.25) is 9.59 Å². The van der Waals surface area contributed by atoms with E-state index >= 15 is 0 Å². The molecule has 2 fully saturated rings. The molecule has 7 rings (SSSR count). The fraction of sp³-hybridized carbons (Fsp3) is 0.375. The molecule has 3 heterocycles. The van der Waals surface area contributed by atoms with Crippen molar-refractivity contribution in [3.05, 3.63) is 101 Å². The monoisotopic (exact) mass is 725 g/mol. The topological polar surface area (TPSA) is 106 Å². The number of ether oxygens (including phenoxy) is 2. The van der Waals surface area contributed by atoms with Gasteiger partial charge < -0.3 is 19.7 Å². The molecule has 3 aromatic carbocycles. The zero-order valence-corrected chi connectivity index (χ0v) is 30.4. The number of carbonyl (C=O) groups is 3. The van der Waals surface area contributed by atoms with E-state index in [1.807, 2.05) is 60.3 Å². The predicted molar refractivity (Wildman–Crippen MR) is 202 cm³/mol. The van der Waals surface area contributed by atoms with E-state index < -0.39 is 6.09 Å². The molecule has 1 aromatic heterocycles. The summed E-state index contributed by atoms with van der Waals surface area (Å²) in [6.07, 6.45) is 5.34. The molecule has 0 spiro atoms. The highest BCUT2D eigenvalue weighted by atomic mass is 32.2. The number of likely N-dealkylation sites (N-methyl/N-ethyl adjacent to an activating group) is 1. The highest BCUT2D eigenvalue weighted by Crippen LogP contribution is 2.51. The van der Waals surface area contributed by atoms with Crippen LogP contribution in [0.3, 0.4) is 0 Å². The molecule has 1 unspecified atom stereocenters. The molecule has 2 N–H and O–H groups in total. The van der Waals surface area contributed by atoms with Gasteiger partial charge >= 0.3 is 6.09 Å². The first-order valence-electron chi connectivity index (χ1n) is 17.7. The average molecular weight is 726 g/mol. The van der Waals surface area contributed by atoms with Crippen LogP contribution in [0.15, 0.2) is 84.9 Å². The predicted octanol–water partition coefficient (Wildman–Crippen LogP) is 8.31. The van der Waals surface area contributed by atoms with Crippen LogP contribution in [0.4, 0.5) is 10.5 Å². The zero-order chi connectivity index (χ0) is 35.2. The van der Waals surface area contributed by atoms with E-state index in [0.717, 1.165) is 81.8 Å². The summed E-state index contributed by atoms with van der Waals surface area (Å²) in [5.41, 5.74) is 8.86. The minimum atomic E-state index is -0.552. The molecule has 9 nitrogen and oxygen atoms in total. The molecule has 2 saturated heterocycles. The van der Waals surface area contributed by atoms with Crippen LogP contribution in [0.25, 0.3) is 21.6 Å². The highest BCUT2D eigenvalue weighted by molar-refractivity contribution is 8.00. The molecular weight excluding hydrogens is 683 g/mol. The van der Waals surface area contributed by atoms with Gasteiger partial charge in [0.25, 0.3) is 0 Å². The maximum atomic E-state index is 13.1. The van der Waals surface area contributed by atoms with Crippen molar-refractivity contribution in [2.45, 2.75) is 61.9 Å². The Hall–Kier alpha value is -4.16. The van der Waals surface area contributed by atoms with Crippen LogP contribution in [0, 0.1) is 0 Å². The number of fused-ring (bicyclic) bond motifs is 3. The molecule has 3 aliphatic rings. The Morgan fingerprint density at radius 3 is 2.41 bits per heavy atom. The fourth-order valence-corrected chi connectivity index (χ4v) is 10.1. The average Bonchev–Trinajstić information content (AvgIpc) is 3.78. The first-order chi connectivity index (χ1) is 24.9. The lowest BCUT2D eigenvalue weighted by molar-refractivity contribution is -0.200. The second-order valence-corrected chi connectivity index (χ2v) is 15.9. The number of thiophene rings is 1. The minimum absolute atomic E-state index is 0.0526. The molecule has 2 atom stereocenters. The van der Waals surface area contributed by atoms with Gasteiger partial charge in [-0.15, -0.1) is 23.1 Å². The number of amides is 3. The van der Waals surface area contributed by atoms with E-state index in [1.54, 1.807) is 18.4 Å². The lowest BCUT2D eigenvalue weighted by atomic mass is 9.94. The van der Waals surface area contributed by atoms with Crippen LogP contribution < -0.4 is 10.8 Å². The number of hydrogen-bond donors (Lipinski definition) is 2. The number of nitrogens with zero attached hydrogens (tertiary/aromatic N) is 1. The lowest BCUT2D eigenvalue weighted by Gasteiger charge is -2.35. The minimum Gasteiger partial charge on any atom is -0.448 e. The Balaban J connectivity index is 0.945. The van der Waals surface area contributed by atoms with Crippen LogP contribution in [-0.2, 0) is 28.6 Å². The summed E-state index contributed by atoms with van der Waals surface area (Å²) in [4.78, 5) is 48.2. The standard InChI is InChI=1S/C40H43N3O6S2/c1-43(39(46)48-26-33-31-15-4-2-13-29(31)30-14-3-5-16-32(30)33)25-37(45)41-28-12-10-11-27(23-28)34-18-19-35(51-34)40(20-7-9-22-50-40)24-36(44)42-49-38-17-6-8-21-47-38/h2-5,10-16,18-19,23,33,38H,6-9,17,20-22,24-26H2,1H3,(H,41,45)(H,42,44)/t38?,40-/m0/s1. The number of anilines is 1. The molecule has 0 saturated carbocycles. The van der Waals surface area contributed by atoms with E-state index in [-0.39, 0.29) is 41.9 Å². The molecule has 4 aromatic rings. The van der Waals surface area contributed by atoms with Crippen molar-refractivity contribution in [2.75, 3.05) is 37.9 Å². The van der Waals surface area contributed by atoms with Crippen molar-refractivity contribution in [3.63, 3.8) is 0 Å². The maximum Gasteiger partial charge on any atom is 0.409 e. The third-order valence-corrected chi connectivity index (χ3v) is 12.8. The van der Waals surface area contributed by atoms with Gasteiger partial charge in [0.2, 0.25) is 11.8 Å². The number of hydrogen-bond acceptors (Lipinski definition) is 8. The summed E-state index contributed by atoms with van der Waals surface area (Å²) in [7, 11) is 1.57. The van der Waals surface area contributed by atoms with Gasteiger partial charge in [0.05, 0.1) is 4.75 Å². The molecule has 0 radical (unpaired) electrons. The van der Waals surface area contributed by atoms with Gasteiger partial charge in [-0.2, -0.15) is 0 Å². The van der Waals surface area contributed by atoms with E-state index in [1.165, 1.54) is 4.90 Å². The Morgan fingerprint density at radius 1 is 0.902 bits per heavy atom. The number of hydroxylamine groups is 1. The van der Waals surface area contributed by atoms with Crippen LogP contribution in [0.2, 0.25) is 0 Å². The molecular formula is C40H43N3O6S2. The SMILES string of the molecule is CN(CC(=O)Nc1cccc(-c2ccc([C@@]3(CC(=O)NOC4CCCCO4)CCCCS3)s2)c1)C(=O)OCC1c2ccccc2-c2ccccc21. The highest BCUT2D eigenvalue weighted by Gasteiger charge is 2.39. The van der Waals surface area contributed by atoms with E-state index in [9.17, 15) is 14.4 Å². The summed E-state index contributed by atoms with van der Waals surface area (Å²) in [6.45, 7) is 0.696. The van der Waals surface area contributed by atoms with Gasteiger partial charge in [-0.25, -0.2) is 15.1 Å². The number of carbonyl (C=O) groups excluding carboxylic acids is 3. The quantitative estimate of drug-likeness (QED) is 0.150. The third kappa shape index (κ3) is 8.17. The summed E-state index contributed by atoms with van der Waals surface area (Å²) in [5.74, 6) is 0.489. The summed E-state index contributed by atoms with van der Waals surface area (Å²) in [6, 6.07) is 28.3. The molecule has 1 aliphatic carbocycles. The lowest BCUT2D eigenvalue weighted by Crippen LogP contribution is -2.37. The van der Waals surface area contributed by atoms with Crippen molar-refractivity contribution in [3.8, 4) is 21.6 Å². The van der Waals surface area contributed by atoms with Crippen molar-refractivity contribution < 1.29 is 28.7 Å². The van der Waals surface area contributed by atoms with Gasteiger partial charge in [0.1, 0.15) is 13.2 Å². The molecule has 11 heteroatoms. The third-order valence-electron chi connectivity index (χ3n) is 9.76. The fourth-order valence-electron chi connectivity index (χ4n) is 7.18.